The Morgan fingerprint density at radius 2 is 2.31 bits per heavy atom. The Bertz CT molecular complexity index is 928. The number of ether oxygens (including phenoxy) is 1. The van der Waals surface area contributed by atoms with Crippen LogP contribution in [0.3, 0.4) is 0 Å². The van der Waals surface area contributed by atoms with Crippen LogP contribution in [0.15, 0.2) is 22.5 Å². The Hall–Kier alpha value is -2.37. The SMILES string of the molecule is O=C1CN(C(=O)Nc2ccc3nc(SCC(=O)NC4CCOC4)sc3c2)CCN1. The van der Waals surface area contributed by atoms with Crippen molar-refractivity contribution in [2.45, 2.75) is 16.8 Å². The van der Waals surface area contributed by atoms with Gasteiger partial charge in [0.25, 0.3) is 0 Å². The van der Waals surface area contributed by atoms with Crippen LogP contribution in [-0.2, 0) is 14.3 Å². The van der Waals surface area contributed by atoms with Gasteiger partial charge in [-0.3, -0.25) is 9.59 Å². The predicted octanol–water partition coefficient (Wildman–Crippen LogP) is 1.26. The van der Waals surface area contributed by atoms with E-state index < -0.39 is 0 Å². The van der Waals surface area contributed by atoms with Crippen molar-refractivity contribution in [1.82, 2.24) is 20.5 Å². The summed E-state index contributed by atoms with van der Waals surface area (Å²) in [5.74, 6) is 0.121. The quantitative estimate of drug-likeness (QED) is 0.610. The molecule has 2 aromatic rings. The number of aromatic nitrogens is 1. The second kappa shape index (κ2) is 8.97. The number of amides is 4. The first-order valence-corrected chi connectivity index (χ1v) is 11.1. The summed E-state index contributed by atoms with van der Waals surface area (Å²) in [5.41, 5.74) is 1.46. The van der Waals surface area contributed by atoms with Gasteiger partial charge >= 0.3 is 6.03 Å². The van der Waals surface area contributed by atoms with Crippen molar-refractivity contribution in [3.63, 3.8) is 0 Å². The summed E-state index contributed by atoms with van der Waals surface area (Å²) in [6.45, 7) is 2.27. The number of nitrogens with one attached hydrogen (secondary N) is 3. The molecule has 1 aromatic heterocycles. The summed E-state index contributed by atoms with van der Waals surface area (Å²) in [7, 11) is 0. The number of carbonyl (C=O) groups is 3. The number of hydrogen-bond donors (Lipinski definition) is 3. The molecule has 0 saturated carbocycles. The summed E-state index contributed by atoms with van der Waals surface area (Å²) in [4.78, 5) is 41.8. The van der Waals surface area contributed by atoms with E-state index >= 15 is 0 Å². The molecule has 2 saturated heterocycles. The van der Waals surface area contributed by atoms with Crippen molar-refractivity contribution in [2.24, 2.45) is 0 Å². The number of fused-ring (bicyclic) bond motifs is 1. The fraction of sp³-hybridized carbons (Fsp3) is 0.444. The largest absolute Gasteiger partial charge is 0.379 e. The van der Waals surface area contributed by atoms with Crippen LogP contribution in [0.2, 0.25) is 0 Å². The van der Waals surface area contributed by atoms with Crippen molar-refractivity contribution in [3.05, 3.63) is 18.2 Å². The van der Waals surface area contributed by atoms with Crippen LogP contribution < -0.4 is 16.0 Å². The van der Waals surface area contributed by atoms with Crippen molar-refractivity contribution >= 4 is 56.8 Å². The summed E-state index contributed by atoms with van der Waals surface area (Å²) >= 11 is 2.87. The number of nitrogens with zero attached hydrogens (tertiary/aromatic N) is 2. The third-order valence-corrected chi connectivity index (χ3v) is 6.73. The molecule has 154 valence electrons. The number of urea groups is 1. The molecule has 4 amide bonds. The Kier molecular flexibility index (Phi) is 6.16. The molecule has 1 atom stereocenters. The van der Waals surface area contributed by atoms with Gasteiger partial charge in [-0.1, -0.05) is 11.8 Å². The van der Waals surface area contributed by atoms with Gasteiger partial charge in [0, 0.05) is 25.4 Å². The number of benzene rings is 1. The number of piperazine rings is 1. The van der Waals surface area contributed by atoms with E-state index in [4.69, 9.17) is 4.74 Å². The normalized spacial score (nSPS) is 19.2. The second-order valence-corrected chi connectivity index (χ2v) is 9.03. The maximum Gasteiger partial charge on any atom is 0.322 e. The molecule has 4 rings (SSSR count). The number of carbonyl (C=O) groups excluding carboxylic acids is 3. The highest BCUT2D eigenvalue weighted by molar-refractivity contribution is 8.01. The fourth-order valence-corrected chi connectivity index (χ4v) is 5.02. The molecule has 0 bridgehead atoms. The average Bonchev–Trinajstić information content (AvgIpc) is 3.35. The molecule has 0 aliphatic carbocycles. The molecule has 0 spiro atoms. The minimum atomic E-state index is -0.300. The van der Waals surface area contributed by atoms with Gasteiger partial charge < -0.3 is 25.6 Å². The van der Waals surface area contributed by atoms with Gasteiger partial charge in [-0.05, 0) is 24.6 Å². The van der Waals surface area contributed by atoms with Gasteiger partial charge in [0.05, 0.1) is 28.6 Å². The first-order valence-electron chi connectivity index (χ1n) is 9.30. The molecular weight excluding hydrogens is 414 g/mol. The molecule has 11 heteroatoms. The Balaban J connectivity index is 1.34. The smallest absolute Gasteiger partial charge is 0.322 e. The highest BCUT2D eigenvalue weighted by Gasteiger charge is 2.21. The van der Waals surface area contributed by atoms with Crippen molar-refractivity contribution in [2.75, 3.05) is 43.9 Å². The molecule has 2 fully saturated rings. The number of hydrogen-bond acceptors (Lipinski definition) is 7. The van der Waals surface area contributed by atoms with E-state index in [0.717, 1.165) is 21.0 Å². The highest BCUT2D eigenvalue weighted by Crippen LogP contribution is 2.31. The van der Waals surface area contributed by atoms with Gasteiger partial charge in [-0.2, -0.15) is 0 Å². The topological polar surface area (TPSA) is 113 Å². The number of thiazole rings is 1. The maximum atomic E-state index is 12.3. The zero-order valence-corrected chi connectivity index (χ0v) is 17.2. The Morgan fingerprint density at radius 1 is 1.41 bits per heavy atom. The Morgan fingerprint density at radius 3 is 3.10 bits per heavy atom. The molecule has 3 N–H and O–H groups in total. The standard InChI is InChI=1S/C18H21N5O4S2/c24-15-8-23(5-4-19-15)17(26)21-11-1-2-13-14(7-11)29-18(22-13)28-10-16(25)20-12-3-6-27-9-12/h1-2,7,12H,3-6,8-10H2,(H,19,24)(H,20,25)(H,21,26). The highest BCUT2D eigenvalue weighted by atomic mass is 32.2. The number of anilines is 1. The van der Waals surface area contributed by atoms with Gasteiger partial charge in [0.2, 0.25) is 11.8 Å². The van der Waals surface area contributed by atoms with Crippen LogP contribution in [0.4, 0.5) is 10.5 Å². The molecule has 2 aliphatic heterocycles. The van der Waals surface area contributed by atoms with Crippen LogP contribution in [0, 0.1) is 0 Å². The van der Waals surface area contributed by atoms with E-state index in [0.29, 0.717) is 37.7 Å². The monoisotopic (exact) mass is 435 g/mol. The van der Waals surface area contributed by atoms with Gasteiger partial charge in [-0.15, -0.1) is 11.3 Å². The lowest BCUT2D eigenvalue weighted by molar-refractivity contribution is -0.123. The van der Waals surface area contributed by atoms with E-state index in [2.05, 4.69) is 20.9 Å². The number of thioether (sulfide) groups is 1. The van der Waals surface area contributed by atoms with Gasteiger partial charge in [-0.25, -0.2) is 9.78 Å². The maximum absolute atomic E-state index is 12.3. The average molecular weight is 436 g/mol. The summed E-state index contributed by atoms with van der Waals surface area (Å²) in [6.07, 6.45) is 0.855. The second-order valence-electron chi connectivity index (χ2n) is 6.78. The van der Waals surface area contributed by atoms with Crippen LogP contribution in [-0.4, -0.2) is 72.4 Å². The van der Waals surface area contributed by atoms with Crippen molar-refractivity contribution in [3.8, 4) is 0 Å². The molecule has 1 unspecified atom stereocenters. The fourth-order valence-electron chi connectivity index (χ4n) is 3.10. The summed E-state index contributed by atoms with van der Waals surface area (Å²) in [5, 5.41) is 8.48. The lowest BCUT2D eigenvalue weighted by Crippen LogP contribution is -2.51. The third kappa shape index (κ3) is 5.17. The first kappa shape index (κ1) is 19.9. The van der Waals surface area contributed by atoms with E-state index in [9.17, 15) is 14.4 Å². The zero-order valence-electron chi connectivity index (χ0n) is 15.6. The van der Waals surface area contributed by atoms with E-state index in [1.165, 1.54) is 28.0 Å². The molecule has 1 aromatic carbocycles. The molecule has 9 nitrogen and oxygen atoms in total. The van der Waals surface area contributed by atoms with Crippen LogP contribution >= 0.6 is 23.1 Å². The molecular formula is C18H21N5O4S2. The van der Waals surface area contributed by atoms with E-state index in [-0.39, 0.29) is 30.4 Å². The molecule has 2 aliphatic rings. The van der Waals surface area contributed by atoms with Crippen molar-refractivity contribution in [1.29, 1.82) is 0 Å². The minimum Gasteiger partial charge on any atom is -0.379 e. The van der Waals surface area contributed by atoms with E-state index in [1.807, 2.05) is 12.1 Å². The van der Waals surface area contributed by atoms with Crippen LogP contribution in [0.5, 0.6) is 0 Å². The molecule has 0 radical (unpaired) electrons. The lowest BCUT2D eigenvalue weighted by atomic mass is 10.3. The predicted molar refractivity (Wildman–Crippen MR) is 111 cm³/mol. The van der Waals surface area contributed by atoms with E-state index in [1.54, 1.807) is 6.07 Å². The first-order chi connectivity index (χ1) is 14.1. The lowest BCUT2D eigenvalue weighted by Gasteiger charge is -2.26. The van der Waals surface area contributed by atoms with Crippen molar-refractivity contribution < 1.29 is 19.1 Å². The third-order valence-electron chi connectivity index (χ3n) is 4.57. The zero-order chi connectivity index (χ0) is 20.2. The van der Waals surface area contributed by atoms with Gasteiger partial charge in [0.1, 0.15) is 6.54 Å². The molecule has 29 heavy (non-hydrogen) atoms. The molecule has 3 heterocycles. The van der Waals surface area contributed by atoms with Crippen LogP contribution in [0.1, 0.15) is 6.42 Å². The summed E-state index contributed by atoms with van der Waals surface area (Å²) < 4.78 is 6.98. The summed E-state index contributed by atoms with van der Waals surface area (Å²) in [6, 6.07) is 5.28. The van der Waals surface area contributed by atoms with Gasteiger partial charge in [0.15, 0.2) is 4.34 Å². The number of rotatable bonds is 5. The van der Waals surface area contributed by atoms with Crippen LogP contribution in [0.25, 0.3) is 10.2 Å². The minimum absolute atomic E-state index is 0.0247. The Labute approximate surface area is 175 Å².